The van der Waals surface area contributed by atoms with E-state index in [1.165, 1.54) is 4.68 Å². The van der Waals surface area contributed by atoms with Gasteiger partial charge in [-0.1, -0.05) is 69.3 Å². The Labute approximate surface area is 191 Å². The summed E-state index contributed by atoms with van der Waals surface area (Å²) in [6, 6.07) is 15.0. The monoisotopic (exact) mass is 449 g/mol. The first-order valence-electron chi connectivity index (χ1n) is 10.5. The number of ketones is 1. The normalized spacial score (nSPS) is 12.2. The Hall–Kier alpha value is -4.01. The van der Waals surface area contributed by atoms with Crippen molar-refractivity contribution in [1.82, 2.24) is 20.4 Å². The predicted octanol–water partition coefficient (Wildman–Crippen LogP) is 1.67. The second-order valence-electron chi connectivity index (χ2n) is 8.77. The SMILES string of the molecule is CC(C)(C)[C@H](NC(=O)c1nn(CC(=O)c2ccccc2)c2ccccc12)C(=O)NCC(N)=O. The lowest BCUT2D eigenvalue weighted by molar-refractivity contribution is -0.128. The molecule has 0 saturated heterocycles. The molecule has 0 unspecified atom stereocenters. The molecule has 0 saturated carbocycles. The fourth-order valence-corrected chi connectivity index (χ4v) is 3.42. The van der Waals surface area contributed by atoms with E-state index < -0.39 is 29.2 Å². The van der Waals surface area contributed by atoms with Crippen LogP contribution >= 0.6 is 0 Å². The van der Waals surface area contributed by atoms with Crippen molar-refractivity contribution in [3.05, 3.63) is 65.9 Å². The molecular formula is C24H27N5O4. The maximum atomic E-state index is 13.2. The number of aromatic nitrogens is 2. The fraction of sp³-hybridized carbons (Fsp3) is 0.292. The van der Waals surface area contributed by atoms with Gasteiger partial charge in [0, 0.05) is 10.9 Å². The Morgan fingerprint density at radius 1 is 1.00 bits per heavy atom. The number of nitrogens with zero attached hydrogens (tertiary/aromatic N) is 2. The van der Waals surface area contributed by atoms with Gasteiger partial charge in [0.25, 0.3) is 5.91 Å². The van der Waals surface area contributed by atoms with Crippen LogP contribution in [0.3, 0.4) is 0 Å². The molecule has 1 atom stereocenters. The van der Waals surface area contributed by atoms with E-state index >= 15 is 0 Å². The van der Waals surface area contributed by atoms with Gasteiger partial charge in [0.15, 0.2) is 11.5 Å². The summed E-state index contributed by atoms with van der Waals surface area (Å²) in [5.74, 6) is -1.92. The zero-order valence-corrected chi connectivity index (χ0v) is 18.8. The van der Waals surface area contributed by atoms with Gasteiger partial charge in [-0.2, -0.15) is 5.10 Å². The highest BCUT2D eigenvalue weighted by Gasteiger charge is 2.34. The van der Waals surface area contributed by atoms with Crippen LogP contribution in [0.15, 0.2) is 54.6 Å². The van der Waals surface area contributed by atoms with Crippen molar-refractivity contribution in [3.8, 4) is 0 Å². The maximum absolute atomic E-state index is 13.2. The number of Topliss-reactive ketones (excluding diaryl/α,β-unsaturated/α-hetero) is 1. The van der Waals surface area contributed by atoms with Gasteiger partial charge in [-0.25, -0.2) is 0 Å². The molecule has 3 amide bonds. The van der Waals surface area contributed by atoms with Crippen molar-refractivity contribution in [1.29, 1.82) is 0 Å². The number of nitrogens with two attached hydrogens (primary N) is 1. The summed E-state index contributed by atoms with van der Waals surface area (Å²) in [5, 5.41) is 10.1. The van der Waals surface area contributed by atoms with Crippen LogP contribution in [0, 0.1) is 5.41 Å². The zero-order chi connectivity index (χ0) is 24.2. The first-order chi connectivity index (χ1) is 15.6. The molecule has 0 radical (unpaired) electrons. The van der Waals surface area contributed by atoms with E-state index in [-0.39, 0.29) is 24.6 Å². The van der Waals surface area contributed by atoms with E-state index in [0.717, 1.165) is 0 Å². The van der Waals surface area contributed by atoms with Crippen molar-refractivity contribution >= 4 is 34.4 Å². The summed E-state index contributed by atoms with van der Waals surface area (Å²) < 4.78 is 1.48. The molecule has 4 N–H and O–H groups in total. The predicted molar refractivity (Wildman–Crippen MR) is 123 cm³/mol. The highest BCUT2D eigenvalue weighted by Crippen LogP contribution is 2.22. The van der Waals surface area contributed by atoms with Crippen molar-refractivity contribution in [3.63, 3.8) is 0 Å². The molecule has 1 heterocycles. The minimum absolute atomic E-state index is 0.0421. The quantitative estimate of drug-likeness (QED) is 0.449. The minimum Gasteiger partial charge on any atom is -0.368 e. The number of primary amides is 1. The van der Waals surface area contributed by atoms with Crippen LogP contribution in [0.5, 0.6) is 0 Å². The van der Waals surface area contributed by atoms with Gasteiger partial charge in [0.05, 0.1) is 12.1 Å². The first-order valence-corrected chi connectivity index (χ1v) is 10.5. The standard InChI is InChI=1S/C24H27N5O4/c1-24(2,3)21(23(33)26-13-19(25)31)27-22(32)20-16-11-7-8-12-17(16)29(28-20)14-18(30)15-9-5-4-6-10-15/h4-12,21H,13-14H2,1-3H3,(H2,25,31)(H,26,33)(H,27,32)/t21-/m1/s1. The lowest BCUT2D eigenvalue weighted by atomic mass is 9.86. The van der Waals surface area contributed by atoms with E-state index in [2.05, 4.69) is 15.7 Å². The largest absolute Gasteiger partial charge is 0.368 e. The number of nitrogens with one attached hydrogen (secondary N) is 2. The molecule has 9 heteroatoms. The van der Waals surface area contributed by atoms with Gasteiger partial charge in [-0.3, -0.25) is 23.9 Å². The third-order valence-electron chi connectivity index (χ3n) is 5.10. The molecule has 3 rings (SSSR count). The van der Waals surface area contributed by atoms with Crippen LogP contribution in [-0.2, 0) is 16.1 Å². The Balaban J connectivity index is 1.89. The highest BCUT2D eigenvalue weighted by molar-refractivity contribution is 6.07. The molecule has 0 spiro atoms. The third kappa shape index (κ3) is 5.62. The van der Waals surface area contributed by atoms with Crippen molar-refractivity contribution in [2.24, 2.45) is 11.1 Å². The van der Waals surface area contributed by atoms with E-state index in [1.807, 2.05) is 6.07 Å². The molecule has 0 aliphatic rings. The Bertz CT molecular complexity index is 1190. The smallest absolute Gasteiger partial charge is 0.273 e. The van der Waals surface area contributed by atoms with Gasteiger partial charge in [-0.15, -0.1) is 0 Å². The number of rotatable bonds is 8. The van der Waals surface area contributed by atoms with E-state index in [9.17, 15) is 19.2 Å². The molecule has 3 aromatic rings. The van der Waals surface area contributed by atoms with Crippen LogP contribution in [0.25, 0.3) is 10.9 Å². The lowest BCUT2D eigenvalue weighted by Gasteiger charge is -2.30. The fourth-order valence-electron chi connectivity index (χ4n) is 3.42. The number of amides is 3. The number of para-hydroxylation sites is 1. The van der Waals surface area contributed by atoms with Crippen LogP contribution in [-0.4, -0.2) is 45.9 Å². The molecule has 2 aromatic carbocycles. The van der Waals surface area contributed by atoms with Crippen molar-refractivity contribution < 1.29 is 19.2 Å². The topological polar surface area (TPSA) is 136 Å². The van der Waals surface area contributed by atoms with Crippen LogP contribution in [0.4, 0.5) is 0 Å². The molecule has 0 aliphatic carbocycles. The zero-order valence-electron chi connectivity index (χ0n) is 18.8. The number of carbonyl (C=O) groups is 4. The number of hydrogen-bond donors (Lipinski definition) is 3. The summed E-state index contributed by atoms with van der Waals surface area (Å²) in [4.78, 5) is 49.6. The number of carbonyl (C=O) groups excluding carboxylic acids is 4. The van der Waals surface area contributed by atoms with Crippen LogP contribution < -0.4 is 16.4 Å². The summed E-state index contributed by atoms with van der Waals surface area (Å²) in [5.41, 5.74) is 5.72. The Morgan fingerprint density at radius 3 is 2.27 bits per heavy atom. The average molecular weight is 450 g/mol. The van der Waals surface area contributed by atoms with Gasteiger partial charge in [-0.05, 0) is 11.5 Å². The number of hydrogen-bond acceptors (Lipinski definition) is 5. The molecule has 172 valence electrons. The highest BCUT2D eigenvalue weighted by atomic mass is 16.2. The Kier molecular flexibility index (Phi) is 6.91. The van der Waals surface area contributed by atoms with Crippen molar-refractivity contribution in [2.45, 2.75) is 33.4 Å². The molecule has 1 aromatic heterocycles. The lowest BCUT2D eigenvalue weighted by Crippen LogP contribution is -2.54. The average Bonchev–Trinajstić information content (AvgIpc) is 3.14. The summed E-state index contributed by atoms with van der Waals surface area (Å²) in [6.07, 6.45) is 0. The number of fused-ring (bicyclic) bond motifs is 1. The van der Waals surface area contributed by atoms with Crippen LogP contribution in [0.2, 0.25) is 0 Å². The maximum Gasteiger partial charge on any atom is 0.273 e. The van der Waals surface area contributed by atoms with Gasteiger partial charge in [0.1, 0.15) is 12.6 Å². The van der Waals surface area contributed by atoms with E-state index in [4.69, 9.17) is 5.73 Å². The van der Waals surface area contributed by atoms with Crippen molar-refractivity contribution in [2.75, 3.05) is 6.54 Å². The molecule has 33 heavy (non-hydrogen) atoms. The Morgan fingerprint density at radius 2 is 1.64 bits per heavy atom. The molecule has 0 fully saturated rings. The molecule has 0 aliphatic heterocycles. The van der Waals surface area contributed by atoms with E-state index in [1.54, 1.807) is 69.3 Å². The number of benzene rings is 2. The van der Waals surface area contributed by atoms with E-state index in [0.29, 0.717) is 16.5 Å². The molecule has 9 nitrogen and oxygen atoms in total. The minimum atomic E-state index is -0.945. The van der Waals surface area contributed by atoms with Gasteiger partial charge in [0.2, 0.25) is 11.8 Å². The second kappa shape index (κ2) is 9.64. The third-order valence-corrected chi connectivity index (χ3v) is 5.10. The molecule has 0 bridgehead atoms. The summed E-state index contributed by atoms with van der Waals surface area (Å²) in [6.45, 7) is 4.99. The van der Waals surface area contributed by atoms with Gasteiger partial charge >= 0.3 is 0 Å². The van der Waals surface area contributed by atoms with Gasteiger partial charge < -0.3 is 16.4 Å². The molecular weight excluding hydrogens is 422 g/mol. The van der Waals surface area contributed by atoms with Crippen LogP contribution in [0.1, 0.15) is 41.6 Å². The summed E-state index contributed by atoms with van der Waals surface area (Å²) >= 11 is 0. The first kappa shape index (κ1) is 23.6. The summed E-state index contributed by atoms with van der Waals surface area (Å²) in [7, 11) is 0. The second-order valence-corrected chi connectivity index (χ2v) is 8.77.